The van der Waals surface area contributed by atoms with Gasteiger partial charge in [-0.05, 0) is 28.8 Å². The highest BCUT2D eigenvalue weighted by Gasteiger charge is 1.98. The van der Waals surface area contributed by atoms with Gasteiger partial charge in [-0.3, -0.25) is 0 Å². The van der Waals surface area contributed by atoms with E-state index in [2.05, 4.69) is 31.2 Å². The highest BCUT2D eigenvalue weighted by atomic mass is 79.9. The minimum absolute atomic E-state index is 0.243. The Kier molecular flexibility index (Phi) is 4.70. The van der Waals surface area contributed by atoms with Gasteiger partial charge in [0.05, 0.1) is 4.47 Å². The molecule has 0 aliphatic heterocycles. The van der Waals surface area contributed by atoms with Crippen molar-refractivity contribution >= 4 is 21.7 Å². The van der Waals surface area contributed by atoms with E-state index in [4.69, 9.17) is 5.11 Å². The number of aliphatic hydroxyl groups is 1. The average molecular weight is 246 g/mol. The Morgan fingerprint density at radius 1 is 1.46 bits per heavy atom. The quantitative estimate of drug-likeness (QED) is 0.771. The summed E-state index contributed by atoms with van der Waals surface area (Å²) in [5.74, 6) is 0.799. The summed E-state index contributed by atoms with van der Waals surface area (Å²) in [4.78, 5) is 7.90. The van der Waals surface area contributed by atoms with Crippen LogP contribution in [0.2, 0.25) is 0 Å². The highest BCUT2D eigenvalue weighted by molar-refractivity contribution is 9.10. The monoisotopic (exact) mass is 245 g/mol. The van der Waals surface area contributed by atoms with Crippen molar-refractivity contribution in [3.8, 4) is 0 Å². The minimum atomic E-state index is 0.243. The zero-order valence-corrected chi connectivity index (χ0v) is 8.79. The summed E-state index contributed by atoms with van der Waals surface area (Å²) in [5, 5.41) is 11.7. The standard InChI is InChI=1S/C8H12BrN3O/c9-7-5-10-6-12-8(7)11-3-1-2-4-13/h5-6,13H,1-4H2,(H,10,11,12). The molecule has 1 rings (SSSR count). The summed E-state index contributed by atoms with van der Waals surface area (Å²) in [6.45, 7) is 1.06. The van der Waals surface area contributed by atoms with Crippen molar-refractivity contribution in [2.45, 2.75) is 12.8 Å². The molecule has 0 amide bonds. The zero-order valence-electron chi connectivity index (χ0n) is 7.20. The van der Waals surface area contributed by atoms with Crippen molar-refractivity contribution in [2.75, 3.05) is 18.5 Å². The molecule has 5 heteroatoms. The number of rotatable bonds is 5. The Morgan fingerprint density at radius 2 is 2.31 bits per heavy atom. The van der Waals surface area contributed by atoms with Gasteiger partial charge in [0, 0.05) is 19.3 Å². The Morgan fingerprint density at radius 3 is 3.00 bits per heavy atom. The Hall–Kier alpha value is -0.680. The molecule has 0 saturated carbocycles. The number of hydrogen-bond acceptors (Lipinski definition) is 4. The van der Waals surface area contributed by atoms with Crippen LogP contribution in [-0.2, 0) is 0 Å². The third-order valence-corrected chi connectivity index (χ3v) is 2.13. The molecular formula is C8H12BrN3O. The van der Waals surface area contributed by atoms with Gasteiger partial charge in [0.2, 0.25) is 0 Å². The van der Waals surface area contributed by atoms with E-state index in [9.17, 15) is 0 Å². The van der Waals surface area contributed by atoms with Crippen LogP contribution in [0.25, 0.3) is 0 Å². The lowest BCUT2D eigenvalue weighted by atomic mass is 10.3. The van der Waals surface area contributed by atoms with Gasteiger partial charge >= 0.3 is 0 Å². The molecule has 0 bridgehead atoms. The van der Waals surface area contributed by atoms with Gasteiger partial charge in [0.15, 0.2) is 0 Å². The zero-order chi connectivity index (χ0) is 9.52. The molecule has 0 unspecified atom stereocenters. The van der Waals surface area contributed by atoms with Crippen LogP contribution in [0.15, 0.2) is 17.0 Å². The molecule has 13 heavy (non-hydrogen) atoms. The number of aliphatic hydroxyl groups excluding tert-OH is 1. The lowest BCUT2D eigenvalue weighted by Gasteiger charge is -2.05. The normalized spacial score (nSPS) is 10.0. The van der Waals surface area contributed by atoms with E-state index < -0.39 is 0 Å². The molecule has 0 aliphatic carbocycles. The van der Waals surface area contributed by atoms with Crippen LogP contribution in [0.3, 0.4) is 0 Å². The molecule has 4 nitrogen and oxygen atoms in total. The van der Waals surface area contributed by atoms with Crippen molar-refractivity contribution in [3.05, 3.63) is 17.0 Å². The Bertz CT molecular complexity index is 257. The van der Waals surface area contributed by atoms with Crippen LogP contribution in [0.1, 0.15) is 12.8 Å². The van der Waals surface area contributed by atoms with Gasteiger partial charge in [-0.15, -0.1) is 0 Å². The van der Waals surface area contributed by atoms with Gasteiger partial charge in [0.25, 0.3) is 0 Å². The van der Waals surface area contributed by atoms with Crippen molar-refractivity contribution in [1.82, 2.24) is 9.97 Å². The second kappa shape index (κ2) is 5.88. The smallest absolute Gasteiger partial charge is 0.143 e. The molecule has 0 aliphatic rings. The number of hydrogen-bond donors (Lipinski definition) is 2. The van der Waals surface area contributed by atoms with Crippen molar-refractivity contribution in [3.63, 3.8) is 0 Å². The molecule has 0 saturated heterocycles. The van der Waals surface area contributed by atoms with E-state index in [0.29, 0.717) is 0 Å². The first-order chi connectivity index (χ1) is 6.34. The summed E-state index contributed by atoms with van der Waals surface area (Å²) < 4.78 is 0.860. The van der Waals surface area contributed by atoms with Crippen molar-refractivity contribution in [1.29, 1.82) is 0 Å². The van der Waals surface area contributed by atoms with Gasteiger partial charge in [-0.1, -0.05) is 0 Å². The molecule has 0 fully saturated rings. The molecule has 0 radical (unpaired) electrons. The van der Waals surface area contributed by atoms with Crippen LogP contribution in [0.4, 0.5) is 5.82 Å². The SMILES string of the molecule is OCCCCNc1ncncc1Br. The number of halogens is 1. The molecule has 2 N–H and O–H groups in total. The fourth-order valence-corrected chi connectivity index (χ4v) is 1.25. The van der Waals surface area contributed by atoms with E-state index in [1.807, 2.05) is 0 Å². The van der Waals surface area contributed by atoms with Crippen LogP contribution in [0, 0.1) is 0 Å². The maximum Gasteiger partial charge on any atom is 0.143 e. The molecule has 0 aromatic carbocycles. The predicted molar refractivity (Wildman–Crippen MR) is 54.5 cm³/mol. The first kappa shape index (κ1) is 10.4. The fraction of sp³-hybridized carbons (Fsp3) is 0.500. The summed E-state index contributed by atoms with van der Waals surface area (Å²) in [6, 6.07) is 0. The first-order valence-electron chi connectivity index (χ1n) is 4.15. The van der Waals surface area contributed by atoms with Crippen LogP contribution < -0.4 is 5.32 Å². The summed E-state index contributed by atoms with van der Waals surface area (Å²) in [5.41, 5.74) is 0. The Labute approximate surface area is 85.5 Å². The molecule has 1 aromatic rings. The molecule has 0 spiro atoms. The second-order valence-electron chi connectivity index (χ2n) is 2.58. The third kappa shape index (κ3) is 3.69. The summed E-state index contributed by atoms with van der Waals surface area (Å²) >= 11 is 3.33. The molecule has 0 atom stereocenters. The van der Waals surface area contributed by atoms with Gasteiger partial charge in [-0.25, -0.2) is 9.97 Å². The van der Waals surface area contributed by atoms with Crippen LogP contribution in [-0.4, -0.2) is 28.2 Å². The largest absolute Gasteiger partial charge is 0.396 e. The van der Waals surface area contributed by atoms with Gasteiger partial charge in [0.1, 0.15) is 12.1 Å². The van der Waals surface area contributed by atoms with Gasteiger partial charge in [-0.2, -0.15) is 0 Å². The topological polar surface area (TPSA) is 58.0 Å². The molecule has 72 valence electrons. The maximum atomic E-state index is 8.56. The van der Waals surface area contributed by atoms with E-state index >= 15 is 0 Å². The second-order valence-corrected chi connectivity index (χ2v) is 3.43. The average Bonchev–Trinajstić information content (AvgIpc) is 2.15. The molecular weight excluding hydrogens is 234 g/mol. The van der Waals surface area contributed by atoms with E-state index in [1.54, 1.807) is 6.20 Å². The van der Waals surface area contributed by atoms with E-state index in [1.165, 1.54) is 6.33 Å². The number of aromatic nitrogens is 2. The van der Waals surface area contributed by atoms with E-state index in [-0.39, 0.29) is 6.61 Å². The maximum absolute atomic E-state index is 8.56. The minimum Gasteiger partial charge on any atom is -0.396 e. The number of unbranched alkanes of at least 4 members (excludes halogenated alkanes) is 1. The molecule has 1 heterocycles. The lowest BCUT2D eigenvalue weighted by Crippen LogP contribution is -2.04. The highest BCUT2D eigenvalue weighted by Crippen LogP contribution is 2.16. The first-order valence-corrected chi connectivity index (χ1v) is 4.94. The lowest BCUT2D eigenvalue weighted by molar-refractivity contribution is 0.286. The molecule has 1 aromatic heterocycles. The third-order valence-electron chi connectivity index (χ3n) is 1.54. The van der Waals surface area contributed by atoms with Crippen molar-refractivity contribution in [2.24, 2.45) is 0 Å². The fourth-order valence-electron chi connectivity index (χ4n) is 0.886. The van der Waals surface area contributed by atoms with Crippen LogP contribution in [0.5, 0.6) is 0 Å². The van der Waals surface area contributed by atoms with Gasteiger partial charge < -0.3 is 10.4 Å². The summed E-state index contributed by atoms with van der Waals surface area (Å²) in [7, 11) is 0. The van der Waals surface area contributed by atoms with Crippen molar-refractivity contribution < 1.29 is 5.11 Å². The van der Waals surface area contributed by atoms with Crippen LogP contribution >= 0.6 is 15.9 Å². The number of nitrogens with one attached hydrogen (secondary N) is 1. The van der Waals surface area contributed by atoms with E-state index in [0.717, 1.165) is 29.7 Å². The number of nitrogens with zero attached hydrogens (tertiary/aromatic N) is 2. The summed E-state index contributed by atoms with van der Waals surface area (Å²) in [6.07, 6.45) is 4.95. The predicted octanol–water partition coefficient (Wildman–Crippen LogP) is 1.42. The Balaban J connectivity index is 2.32. The number of anilines is 1.